The summed E-state index contributed by atoms with van der Waals surface area (Å²) in [6, 6.07) is 17.1. The molecule has 0 spiro atoms. The molecule has 142 valence electrons. The number of hydrogen-bond acceptors (Lipinski definition) is 8. The van der Waals surface area contributed by atoms with E-state index in [0.717, 1.165) is 15.9 Å². The molecule has 0 aliphatic carbocycles. The van der Waals surface area contributed by atoms with Crippen molar-refractivity contribution in [1.29, 1.82) is 0 Å². The highest BCUT2D eigenvalue weighted by Crippen LogP contribution is 2.26. The predicted octanol–water partition coefficient (Wildman–Crippen LogP) is 3.53. The zero-order valence-electron chi connectivity index (χ0n) is 14.9. The molecule has 29 heavy (non-hydrogen) atoms. The number of nitrogens with one attached hydrogen (secondary N) is 1. The Balaban J connectivity index is 1.31. The van der Waals surface area contributed by atoms with Crippen LogP contribution in [0.25, 0.3) is 27.3 Å². The second-order valence-electron chi connectivity index (χ2n) is 6.01. The number of anilines is 1. The average Bonchev–Trinajstić information content (AvgIpc) is 3.35. The first-order chi connectivity index (χ1) is 14.3. The van der Waals surface area contributed by atoms with Crippen LogP contribution in [0.1, 0.15) is 0 Å². The third-order valence-electron chi connectivity index (χ3n) is 4.03. The molecular formula is C19H13N7OS2. The van der Waals surface area contributed by atoms with Gasteiger partial charge in [-0.3, -0.25) is 9.78 Å². The van der Waals surface area contributed by atoms with E-state index in [1.807, 2.05) is 54.6 Å². The zero-order chi connectivity index (χ0) is 19.6. The molecule has 1 aromatic carbocycles. The third kappa shape index (κ3) is 3.67. The van der Waals surface area contributed by atoms with Gasteiger partial charge in [-0.15, -0.1) is 10.2 Å². The summed E-state index contributed by atoms with van der Waals surface area (Å²) in [5.41, 5.74) is 2.94. The molecule has 0 aliphatic rings. The lowest BCUT2D eigenvalue weighted by molar-refractivity contribution is -0.113. The maximum absolute atomic E-state index is 12.4. The first kappa shape index (κ1) is 17.7. The molecule has 0 radical (unpaired) electrons. The van der Waals surface area contributed by atoms with Crippen LogP contribution in [0.4, 0.5) is 5.13 Å². The van der Waals surface area contributed by atoms with E-state index in [-0.39, 0.29) is 11.7 Å². The Morgan fingerprint density at radius 3 is 2.79 bits per heavy atom. The maximum atomic E-state index is 12.4. The number of benzene rings is 1. The molecule has 8 nitrogen and oxygen atoms in total. The molecule has 1 N–H and O–H groups in total. The summed E-state index contributed by atoms with van der Waals surface area (Å²) < 4.78 is 2.66. The van der Waals surface area contributed by atoms with Crippen molar-refractivity contribution in [2.24, 2.45) is 0 Å². The molecule has 0 bridgehead atoms. The highest BCUT2D eigenvalue weighted by molar-refractivity contribution is 7.99. The number of nitrogens with zero attached hydrogens (tertiary/aromatic N) is 6. The van der Waals surface area contributed by atoms with E-state index in [2.05, 4.69) is 30.6 Å². The van der Waals surface area contributed by atoms with Crippen LogP contribution in [0.2, 0.25) is 0 Å². The van der Waals surface area contributed by atoms with Crippen LogP contribution in [0, 0.1) is 0 Å². The van der Waals surface area contributed by atoms with Crippen molar-refractivity contribution in [3.8, 4) is 11.4 Å². The Labute approximate surface area is 173 Å². The standard InChI is InChI=1S/C19H13N7OS2/c27-17(22-18-21-14-6-1-2-7-15(14)29-18)11-28-19-24-23-16-9-8-13(25-26(16)19)12-5-3-4-10-20-12/h1-10H,11H2,(H,21,22,27). The summed E-state index contributed by atoms with van der Waals surface area (Å²) >= 11 is 2.71. The number of pyridine rings is 1. The number of para-hydroxylation sites is 1. The molecule has 4 aromatic heterocycles. The van der Waals surface area contributed by atoms with Crippen molar-refractivity contribution in [2.45, 2.75) is 5.16 Å². The number of carbonyl (C=O) groups is 1. The lowest BCUT2D eigenvalue weighted by Crippen LogP contribution is -2.14. The first-order valence-corrected chi connectivity index (χ1v) is 10.5. The van der Waals surface area contributed by atoms with Crippen molar-refractivity contribution in [3.63, 3.8) is 0 Å². The number of carbonyl (C=O) groups excluding carboxylic acids is 1. The highest BCUT2D eigenvalue weighted by Gasteiger charge is 2.13. The van der Waals surface area contributed by atoms with Gasteiger partial charge >= 0.3 is 0 Å². The first-order valence-electron chi connectivity index (χ1n) is 8.68. The summed E-state index contributed by atoms with van der Waals surface area (Å²) in [5, 5.41) is 16.8. The van der Waals surface area contributed by atoms with E-state index in [1.54, 1.807) is 10.7 Å². The quantitative estimate of drug-likeness (QED) is 0.435. The molecule has 0 fully saturated rings. The number of aromatic nitrogens is 6. The van der Waals surface area contributed by atoms with E-state index < -0.39 is 0 Å². The van der Waals surface area contributed by atoms with Crippen LogP contribution >= 0.6 is 23.1 Å². The Hall–Kier alpha value is -3.37. The topological polar surface area (TPSA) is 98.0 Å². The fourth-order valence-electron chi connectivity index (χ4n) is 2.72. The van der Waals surface area contributed by atoms with Crippen molar-refractivity contribution >= 4 is 50.0 Å². The van der Waals surface area contributed by atoms with Gasteiger partial charge in [-0.1, -0.05) is 41.3 Å². The van der Waals surface area contributed by atoms with E-state index >= 15 is 0 Å². The smallest absolute Gasteiger partial charge is 0.236 e. The SMILES string of the molecule is O=C(CSc1nnc2ccc(-c3ccccn3)nn12)Nc1nc2ccccc2s1. The Morgan fingerprint density at radius 1 is 1.03 bits per heavy atom. The molecule has 10 heteroatoms. The minimum absolute atomic E-state index is 0.160. The van der Waals surface area contributed by atoms with Crippen molar-refractivity contribution < 1.29 is 4.79 Å². The monoisotopic (exact) mass is 419 g/mol. The molecule has 0 atom stereocenters. The minimum Gasteiger partial charge on any atom is -0.301 e. The van der Waals surface area contributed by atoms with E-state index in [9.17, 15) is 4.79 Å². The molecule has 4 heterocycles. The van der Waals surface area contributed by atoms with E-state index in [0.29, 0.717) is 21.6 Å². The Morgan fingerprint density at radius 2 is 1.93 bits per heavy atom. The Kier molecular flexibility index (Phi) is 4.62. The summed E-state index contributed by atoms with van der Waals surface area (Å²) in [7, 11) is 0. The lowest BCUT2D eigenvalue weighted by atomic mass is 10.2. The second kappa shape index (κ2) is 7.57. The molecule has 0 saturated heterocycles. The Bertz CT molecular complexity index is 1280. The van der Waals surface area contributed by atoms with Gasteiger partial charge in [0.25, 0.3) is 0 Å². The zero-order valence-corrected chi connectivity index (χ0v) is 16.5. The van der Waals surface area contributed by atoms with E-state index in [1.165, 1.54) is 23.1 Å². The number of amides is 1. The van der Waals surface area contributed by atoms with Gasteiger partial charge in [-0.2, -0.15) is 9.61 Å². The lowest BCUT2D eigenvalue weighted by Gasteiger charge is -2.03. The van der Waals surface area contributed by atoms with Gasteiger partial charge in [-0.05, 0) is 36.4 Å². The largest absolute Gasteiger partial charge is 0.301 e. The van der Waals surface area contributed by atoms with Gasteiger partial charge in [0.1, 0.15) is 5.69 Å². The van der Waals surface area contributed by atoms with Crippen LogP contribution in [0.5, 0.6) is 0 Å². The van der Waals surface area contributed by atoms with Crippen LogP contribution in [0.3, 0.4) is 0 Å². The molecule has 0 unspecified atom stereocenters. The third-order valence-corrected chi connectivity index (χ3v) is 5.91. The van der Waals surface area contributed by atoms with Crippen molar-refractivity contribution in [1.82, 2.24) is 29.8 Å². The summed E-state index contributed by atoms with van der Waals surface area (Å²) in [4.78, 5) is 21.1. The molecule has 1 amide bonds. The summed E-state index contributed by atoms with van der Waals surface area (Å²) in [6.07, 6.45) is 1.72. The van der Waals surface area contributed by atoms with Gasteiger partial charge in [0, 0.05) is 6.20 Å². The molecular weight excluding hydrogens is 406 g/mol. The number of hydrogen-bond donors (Lipinski definition) is 1. The molecule has 5 aromatic rings. The highest BCUT2D eigenvalue weighted by atomic mass is 32.2. The van der Waals surface area contributed by atoms with Gasteiger partial charge in [0.15, 0.2) is 10.8 Å². The summed E-state index contributed by atoms with van der Waals surface area (Å²) in [6.45, 7) is 0. The number of rotatable bonds is 5. The number of thioether (sulfide) groups is 1. The van der Waals surface area contributed by atoms with Crippen LogP contribution in [-0.4, -0.2) is 41.4 Å². The summed E-state index contributed by atoms with van der Waals surface area (Å²) in [5.74, 6) is 0.0124. The van der Waals surface area contributed by atoms with Gasteiger partial charge in [0.05, 0.1) is 21.7 Å². The molecule has 0 aliphatic heterocycles. The van der Waals surface area contributed by atoms with Gasteiger partial charge in [-0.25, -0.2) is 4.98 Å². The van der Waals surface area contributed by atoms with Gasteiger partial charge in [0.2, 0.25) is 11.1 Å². The normalized spacial score (nSPS) is 11.2. The number of fused-ring (bicyclic) bond motifs is 2. The van der Waals surface area contributed by atoms with Crippen LogP contribution in [-0.2, 0) is 4.79 Å². The second-order valence-corrected chi connectivity index (χ2v) is 7.98. The van der Waals surface area contributed by atoms with Crippen molar-refractivity contribution in [2.75, 3.05) is 11.1 Å². The fraction of sp³-hybridized carbons (Fsp3) is 0.0526. The molecule has 5 rings (SSSR count). The maximum Gasteiger partial charge on any atom is 0.236 e. The predicted molar refractivity (Wildman–Crippen MR) is 113 cm³/mol. The molecule has 0 saturated carbocycles. The number of thiazole rings is 1. The van der Waals surface area contributed by atoms with Crippen LogP contribution in [0.15, 0.2) is 66.0 Å². The van der Waals surface area contributed by atoms with Crippen molar-refractivity contribution in [3.05, 3.63) is 60.8 Å². The van der Waals surface area contributed by atoms with E-state index in [4.69, 9.17) is 0 Å². The van der Waals surface area contributed by atoms with Gasteiger partial charge < -0.3 is 5.32 Å². The average molecular weight is 419 g/mol. The van der Waals surface area contributed by atoms with Crippen LogP contribution < -0.4 is 5.32 Å². The fourth-order valence-corrected chi connectivity index (χ4v) is 4.29. The minimum atomic E-state index is -0.160.